The van der Waals surface area contributed by atoms with Crippen LogP contribution in [-0.2, 0) is 0 Å². The Morgan fingerprint density at radius 1 is 1.40 bits per heavy atom. The molecule has 15 heavy (non-hydrogen) atoms. The fourth-order valence-corrected chi connectivity index (χ4v) is 1.79. The summed E-state index contributed by atoms with van der Waals surface area (Å²) >= 11 is 5.95. The molecular weight excluding hydrogens is 208 g/mol. The number of aliphatic hydroxyl groups excluding tert-OH is 1. The quantitative estimate of drug-likeness (QED) is 0.811. The SMILES string of the molecule is CC(C)(C)/C(=C/CO)c1cccc(Cl)c1. The van der Waals surface area contributed by atoms with Gasteiger partial charge < -0.3 is 5.11 Å². The van der Waals surface area contributed by atoms with Crippen molar-refractivity contribution in [3.8, 4) is 0 Å². The Labute approximate surface area is 96.4 Å². The van der Waals surface area contributed by atoms with Crippen LogP contribution < -0.4 is 0 Å². The van der Waals surface area contributed by atoms with Gasteiger partial charge in [-0.2, -0.15) is 0 Å². The Bertz CT molecular complexity index is 361. The van der Waals surface area contributed by atoms with Gasteiger partial charge in [-0.15, -0.1) is 0 Å². The second-order valence-corrected chi connectivity index (χ2v) is 5.00. The number of rotatable bonds is 2. The third-order valence-electron chi connectivity index (χ3n) is 2.24. The van der Waals surface area contributed by atoms with Crippen LogP contribution in [0.2, 0.25) is 5.02 Å². The Kier molecular flexibility index (Phi) is 3.95. The van der Waals surface area contributed by atoms with Crippen molar-refractivity contribution in [2.24, 2.45) is 5.41 Å². The highest BCUT2D eigenvalue weighted by molar-refractivity contribution is 6.30. The van der Waals surface area contributed by atoms with E-state index in [-0.39, 0.29) is 12.0 Å². The molecule has 82 valence electrons. The zero-order valence-corrected chi connectivity index (χ0v) is 10.2. The first-order chi connectivity index (χ1) is 6.95. The van der Waals surface area contributed by atoms with Gasteiger partial charge in [0.1, 0.15) is 0 Å². The Hall–Kier alpha value is -0.790. The maximum absolute atomic E-state index is 9.02. The van der Waals surface area contributed by atoms with E-state index in [1.54, 1.807) is 0 Å². The molecule has 1 N–H and O–H groups in total. The van der Waals surface area contributed by atoms with E-state index in [0.29, 0.717) is 0 Å². The molecule has 0 aromatic heterocycles. The van der Waals surface area contributed by atoms with Crippen molar-refractivity contribution in [3.05, 3.63) is 40.9 Å². The Morgan fingerprint density at radius 2 is 2.07 bits per heavy atom. The van der Waals surface area contributed by atoms with E-state index in [4.69, 9.17) is 16.7 Å². The van der Waals surface area contributed by atoms with Crippen LogP contribution in [0, 0.1) is 5.41 Å². The van der Waals surface area contributed by atoms with Crippen LogP contribution in [0.25, 0.3) is 5.57 Å². The predicted molar refractivity (Wildman–Crippen MR) is 66.0 cm³/mol. The van der Waals surface area contributed by atoms with Crippen LogP contribution in [0.4, 0.5) is 0 Å². The molecule has 0 heterocycles. The second kappa shape index (κ2) is 4.82. The van der Waals surface area contributed by atoms with E-state index >= 15 is 0 Å². The molecule has 0 saturated carbocycles. The van der Waals surface area contributed by atoms with Crippen molar-refractivity contribution < 1.29 is 5.11 Å². The molecular formula is C13H17ClO. The van der Waals surface area contributed by atoms with Gasteiger partial charge in [-0.3, -0.25) is 0 Å². The summed E-state index contributed by atoms with van der Waals surface area (Å²) in [5, 5.41) is 9.74. The Morgan fingerprint density at radius 3 is 2.53 bits per heavy atom. The largest absolute Gasteiger partial charge is 0.392 e. The van der Waals surface area contributed by atoms with E-state index in [2.05, 4.69) is 20.8 Å². The third-order valence-corrected chi connectivity index (χ3v) is 2.47. The summed E-state index contributed by atoms with van der Waals surface area (Å²) in [6, 6.07) is 7.71. The summed E-state index contributed by atoms with van der Waals surface area (Å²) < 4.78 is 0. The third kappa shape index (κ3) is 3.37. The zero-order valence-electron chi connectivity index (χ0n) is 9.42. The summed E-state index contributed by atoms with van der Waals surface area (Å²) in [4.78, 5) is 0. The van der Waals surface area contributed by atoms with Gasteiger partial charge in [-0.05, 0) is 28.7 Å². The second-order valence-electron chi connectivity index (χ2n) is 4.56. The molecule has 0 atom stereocenters. The van der Waals surface area contributed by atoms with Crippen LogP contribution in [0.3, 0.4) is 0 Å². The minimum absolute atomic E-state index is 0.00735. The number of hydrogen-bond acceptors (Lipinski definition) is 1. The molecule has 0 aliphatic heterocycles. The molecule has 0 aliphatic rings. The number of benzene rings is 1. The fraction of sp³-hybridized carbons (Fsp3) is 0.385. The highest BCUT2D eigenvalue weighted by Gasteiger charge is 2.18. The normalized spacial score (nSPS) is 13.0. The van der Waals surface area contributed by atoms with Gasteiger partial charge in [-0.1, -0.05) is 50.6 Å². The molecule has 0 amide bonds. The number of aliphatic hydroxyl groups is 1. The fourth-order valence-electron chi connectivity index (χ4n) is 1.60. The maximum Gasteiger partial charge on any atom is 0.0618 e. The van der Waals surface area contributed by atoms with Gasteiger partial charge in [-0.25, -0.2) is 0 Å². The molecule has 1 aromatic carbocycles. The number of allylic oxidation sites excluding steroid dienone is 1. The molecule has 0 bridgehead atoms. The molecule has 1 rings (SSSR count). The van der Waals surface area contributed by atoms with Gasteiger partial charge in [0.05, 0.1) is 6.61 Å². The molecule has 0 fully saturated rings. The molecule has 0 radical (unpaired) electrons. The maximum atomic E-state index is 9.02. The molecule has 2 heteroatoms. The highest BCUT2D eigenvalue weighted by Crippen LogP contribution is 2.34. The Balaban J connectivity index is 3.17. The van der Waals surface area contributed by atoms with Crippen LogP contribution in [0.1, 0.15) is 26.3 Å². The lowest BCUT2D eigenvalue weighted by atomic mass is 9.82. The van der Waals surface area contributed by atoms with Crippen LogP contribution >= 0.6 is 11.6 Å². The molecule has 0 unspecified atom stereocenters. The van der Waals surface area contributed by atoms with E-state index in [0.717, 1.165) is 16.2 Å². The molecule has 0 saturated heterocycles. The van der Waals surface area contributed by atoms with Crippen molar-refractivity contribution in [1.82, 2.24) is 0 Å². The highest BCUT2D eigenvalue weighted by atomic mass is 35.5. The average molecular weight is 225 g/mol. The average Bonchev–Trinajstić information content (AvgIpc) is 2.12. The lowest BCUT2D eigenvalue weighted by Gasteiger charge is -2.23. The van der Waals surface area contributed by atoms with Gasteiger partial charge in [0.25, 0.3) is 0 Å². The summed E-state index contributed by atoms with van der Waals surface area (Å²) in [6.07, 6.45) is 1.84. The van der Waals surface area contributed by atoms with E-state index < -0.39 is 0 Å². The lowest BCUT2D eigenvalue weighted by Crippen LogP contribution is -2.09. The van der Waals surface area contributed by atoms with Crippen LogP contribution in [0.15, 0.2) is 30.3 Å². The first kappa shape index (κ1) is 12.3. The van der Waals surface area contributed by atoms with Crippen molar-refractivity contribution in [3.63, 3.8) is 0 Å². The smallest absolute Gasteiger partial charge is 0.0618 e. The van der Waals surface area contributed by atoms with E-state index in [1.165, 1.54) is 0 Å². The van der Waals surface area contributed by atoms with Crippen molar-refractivity contribution in [1.29, 1.82) is 0 Å². The molecule has 1 aromatic rings. The van der Waals surface area contributed by atoms with Gasteiger partial charge in [0, 0.05) is 5.02 Å². The van der Waals surface area contributed by atoms with E-state index in [9.17, 15) is 0 Å². The van der Waals surface area contributed by atoms with E-state index in [1.807, 2.05) is 30.3 Å². The molecule has 0 aliphatic carbocycles. The van der Waals surface area contributed by atoms with Gasteiger partial charge >= 0.3 is 0 Å². The van der Waals surface area contributed by atoms with Gasteiger partial charge in [0.2, 0.25) is 0 Å². The number of hydrogen-bond donors (Lipinski definition) is 1. The summed E-state index contributed by atoms with van der Waals surface area (Å²) in [6.45, 7) is 6.42. The minimum atomic E-state index is 0.00735. The summed E-state index contributed by atoms with van der Waals surface area (Å²) in [7, 11) is 0. The zero-order chi connectivity index (χ0) is 11.5. The monoisotopic (exact) mass is 224 g/mol. The van der Waals surface area contributed by atoms with Crippen LogP contribution in [-0.4, -0.2) is 11.7 Å². The molecule has 1 nitrogen and oxygen atoms in total. The van der Waals surface area contributed by atoms with Gasteiger partial charge in [0.15, 0.2) is 0 Å². The molecule has 0 spiro atoms. The standard InChI is InChI=1S/C13H17ClO/c1-13(2,3)12(7-8-15)10-5-4-6-11(14)9-10/h4-7,9,15H,8H2,1-3H3/b12-7+. The number of halogens is 1. The van der Waals surface area contributed by atoms with Crippen molar-refractivity contribution in [2.45, 2.75) is 20.8 Å². The predicted octanol–water partition coefficient (Wildman–Crippen LogP) is 3.76. The topological polar surface area (TPSA) is 20.2 Å². The van der Waals surface area contributed by atoms with Crippen molar-refractivity contribution >= 4 is 17.2 Å². The minimum Gasteiger partial charge on any atom is -0.392 e. The van der Waals surface area contributed by atoms with Crippen molar-refractivity contribution in [2.75, 3.05) is 6.61 Å². The van der Waals surface area contributed by atoms with Crippen LogP contribution in [0.5, 0.6) is 0 Å². The first-order valence-corrected chi connectivity index (χ1v) is 5.40. The summed E-state index contributed by atoms with van der Waals surface area (Å²) in [5.74, 6) is 0. The lowest BCUT2D eigenvalue weighted by molar-refractivity contribution is 0.341. The first-order valence-electron chi connectivity index (χ1n) is 5.02. The summed E-state index contributed by atoms with van der Waals surface area (Å²) in [5.41, 5.74) is 2.20.